The number of carboxylic acids is 1. The maximum absolute atomic E-state index is 13.3. The summed E-state index contributed by atoms with van der Waals surface area (Å²) in [6.45, 7) is 1.63. The van der Waals surface area contributed by atoms with Crippen LogP contribution < -0.4 is 10.6 Å². The number of para-hydroxylation sites is 1. The van der Waals surface area contributed by atoms with Crippen LogP contribution in [0.2, 0.25) is 0 Å². The Bertz CT molecular complexity index is 1430. The second-order valence-electron chi connectivity index (χ2n) is 12.8. The van der Waals surface area contributed by atoms with E-state index < -0.39 is 66.7 Å². The van der Waals surface area contributed by atoms with E-state index in [2.05, 4.69) is 16.0 Å². The van der Waals surface area contributed by atoms with E-state index in [9.17, 15) is 44.9 Å². The molecule has 54 heavy (non-hydrogen) atoms. The number of aliphatic hydroxyl groups is 2. The second kappa shape index (κ2) is 24.7. The van der Waals surface area contributed by atoms with Gasteiger partial charge in [-0.15, -0.1) is 0 Å². The number of phenols is 1. The number of nitrogens with one attached hydrogen (secondary N) is 2. The summed E-state index contributed by atoms with van der Waals surface area (Å²) in [5, 5.41) is 70.6. The number of aliphatic hydroxyl groups excluding tert-OH is 2. The van der Waals surface area contributed by atoms with Gasteiger partial charge in [-0.2, -0.15) is 10.1 Å². The molecule has 1 saturated heterocycles. The van der Waals surface area contributed by atoms with E-state index in [4.69, 9.17) is 14.6 Å². The first kappa shape index (κ1) is 46.5. The van der Waals surface area contributed by atoms with Gasteiger partial charge in [-0.1, -0.05) is 48.6 Å². The molecule has 1 fully saturated rings. The third-order valence-electron chi connectivity index (χ3n) is 8.38. The van der Waals surface area contributed by atoms with Gasteiger partial charge in [0.15, 0.2) is 6.23 Å². The van der Waals surface area contributed by atoms with E-state index in [0.717, 1.165) is 10.1 Å². The number of nitrogens with zero attached hydrogens (tertiary/aromatic N) is 3. The van der Waals surface area contributed by atoms with Gasteiger partial charge in [0.1, 0.15) is 24.1 Å². The summed E-state index contributed by atoms with van der Waals surface area (Å²) in [7, 11) is 0. The number of unbranched alkanes of at least 4 members (excludes halogenated alkanes) is 2. The number of rotatable bonds is 21. The summed E-state index contributed by atoms with van der Waals surface area (Å²) < 4.78 is 11.2. The van der Waals surface area contributed by atoms with Crippen LogP contribution in [0.3, 0.4) is 0 Å². The Balaban J connectivity index is 0.0000101. The predicted molar refractivity (Wildman–Crippen MR) is 189 cm³/mol. The number of allylic oxidation sites excluding steroid dienone is 3. The van der Waals surface area contributed by atoms with E-state index >= 15 is 0 Å². The molecule has 3 rings (SSSR count). The zero-order valence-electron chi connectivity index (χ0n) is 30.1. The molecule has 0 aliphatic carbocycles. The van der Waals surface area contributed by atoms with Gasteiger partial charge in [0.25, 0.3) is 0 Å². The molecule has 2 amide bonds. The largest absolute Gasteiger partial charge is 0.620 e. The van der Waals surface area contributed by atoms with Crippen LogP contribution in [0.25, 0.3) is 5.32 Å². The Labute approximate surface area is 325 Å². The van der Waals surface area contributed by atoms with Crippen molar-refractivity contribution >= 4 is 23.8 Å². The minimum absolute atomic E-state index is 0. The van der Waals surface area contributed by atoms with Crippen molar-refractivity contribution in [3.63, 3.8) is 0 Å². The number of esters is 1. The fraction of sp³-hybridized carbons (Fsp3) is 0.556. The number of amides is 2. The van der Waals surface area contributed by atoms with Gasteiger partial charge >= 0.3 is 11.9 Å². The van der Waals surface area contributed by atoms with Crippen molar-refractivity contribution in [1.82, 2.24) is 20.8 Å². The van der Waals surface area contributed by atoms with Crippen molar-refractivity contribution in [2.24, 2.45) is 0 Å². The van der Waals surface area contributed by atoms with Crippen molar-refractivity contribution < 1.29 is 76.6 Å². The maximum Gasteiger partial charge on any atom is 0.328 e. The number of hydroxylamine groups is 4. The number of carbonyl (C=O) groups excluding carboxylic acids is 3. The minimum atomic E-state index is -1.36. The summed E-state index contributed by atoms with van der Waals surface area (Å²) >= 11 is 0. The van der Waals surface area contributed by atoms with Crippen molar-refractivity contribution in [2.75, 3.05) is 19.7 Å². The van der Waals surface area contributed by atoms with E-state index in [1.54, 1.807) is 42.5 Å². The second-order valence-corrected chi connectivity index (χ2v) is 12.8. The smallest absolute Gasteiger partial charge is 0.328 e. The third kappa shape index (κ3) is 16.4. The number of aromatic hydroxyl groups is 1. The zero-order valence-corrected chi connectivity index (χ0v) is 31.2. The van der Waals surface area contributed by atoms with Crippen molar-refractivity contribution in [3.8, 4) is 5.75 Å². The summed E-state index contributed by atoms with van der Waals surface area (Å²) in [6, 6.07) is 3.39. The van der Waals surface area contributed by atoms with Gasteiger partial charge in [-0.3, -0.25) is 14.4 Å². The van der Waals surface area contributed by atoms with Crippen molar-refractivity contribution in [1.29, 1.82) is 0 Å². The average molecular weight is 803 g/mol. The molecule has 1 aromatic carbocycles. The Morgan fingerprint density at radius 3 is 2.59 bits per heavy atom. The first-order valence-electron chi connectivity index (χ1n) is 17.7. The topological polar surface area (TPSA) is 253 Å². The fourth-order valence-electron chi connectivity index (χ4n) is 5.48. The summed E-state index contributed by atoms with van der Waals surface area (Å²) in [6.07, 6.45) is 8.18. The van der Waals surface area contributed by atoms with E-state index in [0.29, 0.717) is 44.1 Å². The first-order valence-corrected chi connectivity index (χ1v) is 17.7. The van der Waals surface area contributed by atoms with E-state index in [1.165, 1.54) is 19.1 Å². The molecule has 17 nitrogen and oxygen atoms in total. The molecular weight excluding hydrogens is 750 g/mol. The van der Waals surface area contributed by atoms with Crippen LogP contribution in [-0.2, 0) is 45.7 Å². The van der Waals surface area contributed by atoms with Crippen LogP contribution in [0.4, 0.5) is 0 Å². The monoisotopic (exact) mass is 802 g/mol. The molecule has 0 bridgehead atoms. The summed E-state index contributed by atoms with van der Waals surface area (Å²) in [4.78, 5) is 49.9. The molecule has 18 heteroatoms. The summed E-state index contributed by atoms with van der Waals surface area (Å²) in [5.74, 6) is -2.88. The van der Waals surface area contributed by atoms with E-state index in [1.807, 2.05) is 6.08 Å². The Morgan fingerprint density at radius 2 is 1.85 bits per heavy atom. The molecule has 2 aliphatic heterocycles. The molecule has 302 valence electrons. The van der Waals surface area contributed by atoms with Gasteiger partial charge in [-0.25, -0.2) is 4.79 Å². The van der Waals surface area contributed by atoms with Gasteiger partial charge in [0.2, 0.25) is 11.8 Å². The van der Waals surface area contributed by atoms with Crippen LogP contribution in [0.15, 0.2) is 60.7 Å². The summed E-state index contributed by atoms with van der Waals surface area (Å²) in [5.41, 5.74) is 0.389. The number of carbonyl (C=O) groups is 4. The number of hydrogen-bond acceptors (Lipinski definition) is 13. The number of ether oxygens (including phenoxy) is 2. The molecule has 7 unspecified atom stereocenters. The SMILES string of the molecule is CC(CC(=O)NC1C=CCCN(O)C1O)OC(=O)C(CCCCN(O)C(O)/C=C/CC/C=C/CCC(=O)O)NC(=O)C1COC(c2ccccc2O)[N-]1.[Fe]. The van der Waals surface area contributed by atoms with Crippen LogP contribution in [0.5, 0.6) is 5.75 Å². The van der Waals surface area contributed by atoms with Gasteiger partial charge in [0.05, 0.1) is 12.5 Å². The molecular formula is C36H52FeN5O12-. The van der Waals surface area contributed by atoms with Gasteiger partial charge < -0.3 is 56.3 Å². The number of carboxylic acid groups (broad SMARTS) is 1. The molecule has 2 aliphatic rings. The molecule has 1 aromatic rings. The molecule has 8 N–H and O–H groups in total. The average Bonchev–Trinajstić information content (AvgIpc) is 3.55. The number of aliphatic carboxylic acids is 1. The first-order chi connectivity index (χ1) is 25.3. The van der Waals surface area contributed by atoms with Crippen molar-refractivity contribution in [2.45, 2.75) is 108 Å². The Hall–Kier alpha value is -3.68. The predicted octanol–water partition coefficient (Wildman–Crippen LogP) is 2.36. The number of hydrogen-bond donors (Lipinski definition) is 8. The minimum Gasteiger partial charge on any atom is -0.620 e. The van der Waals surface area contributed by atoms with Gasteiger partial charge in [-0.05, 0) is 76.3 Å². The normalized spacial score (nSPS) is 22.0. The maximum atomic E-state index is 13.3. The molecule has 2 heterocycles. The number of phenolic OH excluding ortho intramolecular Hbond substituents is 1. The van der Waals surface area contributed by atoms with Crippen LogP contribution in [0, 0.1) is 0 Å². The molecule has 0 aromatic heterocycles. The Morgan fingerprint density at radius 1 is 1.13 bits per heavy atom. The number of benzene rings is 1. The quantitative estimate of drug-likeness (QED) is 0.0222. The zero-order chi connectivity index (χ0) is 38.8. The Kier molecular flexibility index (Phi) is 21.2. The molecule has 0 saturated carbocycles. The molecule has 7 atom stereocenters. The van der Waals surface area contributed by atoms with E-state index in [-0.39, 0.29) is 61.8 Å². The van der Waals surface area contributed by atoms with Crippen molar-refractivity contribution in [3.05, 3.63) is 71.6 Å². The molecule has 0 spiro atoms. The van der Waals surface area contributed by atoms with Crippen LogP contribution >= 0.6 is 0 Å². The van der Waals surface area contributed by atoms with Gasteiger partial charge in [0, 0.05) is 48.7 Å². The molecule has 0 radical (unpaired) electrons. The van der Waals surface area contributed by atoms with Crippen LogP contribution in [-0.4, -0.2) is 121 Å². The third-order valence-corrected chi connectivity index (χ3v) is 8.38. The fourth-order valence-corrected chi connectivity index (χ4v) is 5.48. The standard InChI is InChI=1S/C36H52N5O12.Fe/c1-24(22-30(43)37-26-15-10-13-21-41(51)35(26)48)53-36(49)27(38-33(47)28-23-52-34(39-28)25-14-8-9-17-29(25)42)16-11-12-20-40(50)31(44)18-6-4-2-3-5-7-19-32(45)46;/h3,5-6,8-10,14-15,17-18,24,26-28,31,34-35,42,44,48,50-51H,2,4,7,11-13,16,19-23H2,1H3,(H,37,43)(H,38,47)(H,45,46);/q-1;/b5-3+,18-6+;. The van der Waals surface area contributed by atoms with Crippen LogP contribution in [0.1, 0.15) is 76.5 Å².